The molecule has 0 spiro atoms. The molecule has 12 heteroatoms. The highest BCUT2D eigenvalue weighted by Crippen LogP contribution is 2.27. The fourth-order valence-corrected chi connectivity index (χ4v) is 4.18. The Morgan fingerprint density at radius 2 is 1.80 bits per heavy atom. The molecule has 3 aromatic rings. The number of hydrogen-bond donors (Lipinski definition) is 2. The lowest BCUT2D eigenvalue weighted by atomic mass is 10.2. The highest BCUT2D eigenvalue weighted by molar-refractivity contribution is 8.00. The molecule has 0 bridgehead atoms. The van der Waals surface area contributed by atoms with E-state index in [1.165, 1.54) is 28.8 Å². The van der Waals surface area contributed by atoms with E-state index in [4.69, 9.17) is 26.9 Å². The van der Waals surface area contributed by atoms with Crippen molar-refractivity contribution in [1.29, 1.82) is 0 Å². The maximum atomic E-state index is 12.9. The van der Waals surface area contributed by atoms with E-state index in [-0.39, 0.29) is 41.6 Å². The van der Waals surface area contributed by atoms with E-state index in [1.807, 2.05) is 18.2 Å². The van der Waals surface area contributed by atoms with Crippen LogP contribution in [-0.2, 0) is 27.9 Å². The molecule has 0 atom stereocenters. The van der Waals surface area contributed by atoms with Crippen LogP contribution in [0.25, 0.3) is 0 Å². The van der Waals surface area contributed by atoms with E-state index in [9.17, 15) is 13.2 Å². The molecule has 1 amide bonds. The third kappa shape index (κ3) is 5.95. The molecule has 0 unspecified atom stereocenters. The molecule has 0 aliphatic rings. The van der Waals surface area contributed by atoms with Gasteiger partial charge in [0, 0.05) is 11.4 Å². The molecule has 0 radical (unpaired) electrons. The number of amides is 1. The zero-order valence-electron chi connectivity index (χ0n) is 15.6. The fourth-order valence-electron chi connectivity index (χ4n) is 2.52. The summed E-state index contributed by atoms with van der Waals surface area (Å²) in [7, 11) is -3.80. The summed E-state index contributed by atoms with van der Waals surface area (Å²) in [5.41, 5.74) is 6.16. The molecule has 0 saturated heterocycles. The molecule has 0 aliphatic carbocycles. The number of sulfonamides is 1. The van der Waals surface area contributed by atoms with Gasteiger partial charge in [0.2, 0.25) is 21.8 Å². The van der Waals surface area contributed by atoms with E-state index in [0.717, 1.165) is 4.90 Å². The van der Waals surface area contributed by atoms with Crippen molar-refractivity contribution in [3.05, 3.63) is 65.0 Å². The average molecular weight is 468 g/mol. The van der Waals surface area contributed by atoms with Crippen LogP contribution < -0.4 is 10.9 Å². The van der Waals surface area contributed by atoms with Gasteiger partial charge in [0.25, 0.3) is 0 Å². The fraction of sp³-hybridized carbons (Fsp3) is 0.167. The van der Waals surface area contributed by atoms with Crippen molar-refractivity contribution in [2.24, 2.45) is 5.14 Å². The molecular formula is C18H18ClN5O4S2. The summed E-state index contributed by atoms with van der Waals surface area (Å²) in [6.07, 6.45) is 0. The van der Waals surface area contributed by atoms with Gasteiger partial charge >= 0.3 is 6.01 Å². The number of halogens is 1. The Labute approximate surface area is 182 Å². The number of thioether (sulfide) groups is 1. The summed E-state index contributed by atoms with van der Waals surface area (Å²) in [5, 5.41) is 13.1. The Hall–Kier alpha value is -2.60. The van der Waals surface area contributed by atoms with E-state index in [0.29, 0.717) is 10.6 Å². The highest BCUT2D eigenvalue weighted by Gasteiger charge is 2.19. The van der Waals surface area contributed by atoms with Gasteiger partial charge in [0.15, 0.2) is 0 Å². The summed E-state index contributed by atoms with van der Waals surface area (Å²) >= 11 is 7.45. The Bertz CT molecular complexity index is 1140. The van der Waals surface area contributed by atoms with Crippen molar-refractivity contribution in [3.8, 4) is 0 Å². The van der Waals surface area contributed by atoms with Crippen LogP contribution >= 0.6 is 23.4 Å². The van der Waals surface area contributed by atoms with Crippen molar-refractivity contribution in [3.63, 3.8) is 0 Å². The highest BCUT2D eigenvalue weighted by atomic mass is 35.5. The maximum absolute atomic E-state index is 12.9. The predicted molar refractivity (Wildman–Crippen MR) is 113 cm³/mol. The Morgan fingerprint density at radius 1 is 1.10 bits per heavy atom. The van der Waals surface area contributed by atoms with Gasteiger partial charge in [0.05, 0.1) is 22.2 Å². The van der Waals surface area contributed by atoms with E-state index < -0.39 is 10.0 Å². The van der Waals surface area contributed by atoms with Crippen LogP contribution in [0.2, 0.25) is 5.02 Å². The second-order valence-corrected chi connectivity index (χ2v) is 9.18. The summed E-state index contributed by atoms with van der Waals surface area (Å²) < 4.78 is 28.0. The lowest BCUT2D eigenvalue weighted by molar-refractivity contribution is -0.129. The van der Waals surface area contributed by atoms with Crippen LogP contribution in [0.5, 0.6) is 0 Å². The van der Waals surface area contributed by atoms with Crippen LogP contribution in [-0.4, -0.2) is 35.2 Å². The van der Waals surface area contributed by atoms with E-state index >= 15 is 0 Å². The molecule has 0 aliphatic heterocycles. The third-order valence-electron chi connectivity index (χ3n) is 3.97. The predicted octanol–water partition coefficient (Wildman–Crippen LogP) is 2.27. The van der Waals surface area contributed by atoms with Crippen molar-refractivity contribution in [1.82, 2.24) is 15.1 Å². The summed E-state index contributed by atoms with van der Waals surface area (Å²) in [5.74, 6) is 0.111. The normalized spacial score (nSPS) is 11.4. The summed E-state index contributed by atoms with van der Waals surface area (Å²) in [6, 6.07) is 13.1. The molecule has 4 N–H and O–H groups in total. The van der Waals surface area contributed by atoms with Gasteiger partial charge in [-0.3, -0.25) is 4.79 Å². The van der Waals surface area contributed by atoms with Gasteiger partial charge in [-0.1, -0.05) is 41.0 Å². The third-order valence-corrected chi connectivity index (χ3v) is 6.40. The van der Waals surface area contributed by atoms with Crippen molar-refractivity contribution < 1.29 is 17.6 Å². The number of nitrogens with zero attached hydrogens (tertiary/aromatic N) is 3. The van der Waals surface area contributed by atoms with Crippen LogP contribution in [0.15, 0.2) is 62.7 Å². The Morgan fingerprint density at radius 3 is 2.40 bits per heavy atom. The van der Waals surface area contributed by atoms with Gasteiger partial charge in [0.1, 0.15) is 0 Å². The van der Waals surface area contributed by atoms with Crippen LogP contribution in [0, 0.1) is 0 Å². The van der Waals surface area contributed by atoms with Gasteiger partial charge in [-0.15, -0.1) is 16.9 Å². The van der Waals surface area contributed by atoms with Crippen LogP contribution in [0.4, 0.5) is 6.01 Å². The number of anilines is 1. The molecule has 1 heterocycles. The number of benzene rings is 2. The number of nitrogens with two attached hydrogens (primary N) is 2. The lowest BCUT2D eigenvalue weighted by Gasteiger charge is -2.21. The van der Waals surface area contributed by atoms with Crippen molar-refractivity contribution >= 4 is 45.3 Å². The Balaban J connectivity index is 1.75. The number of primary sulfonamides is 1. The molecule has 2 aromatic carbocycles. The van der Waals surface area contributed by atoms with Gasteiger partial charge < -0.3 is 15.1 Å². The van der Waals surface area contributed by atoms with Crippen molar-refractivity contribution in [2.45, 2.75) is 22.9 Å². The lowest BCUT2D eigenvalue weighted by Crippen LogP contribution is -2.31. The maximum Gasteiger partial charge on any atom is 0.312 e. The molecule has 0 saturated carbocycles. The van der Waals surface area contributed by atoms with E-state index in [2.05, 4.69) is 10.2 Å². The standard InChI is InChI=1S/C18H18ClN5O4S2/c19-14-3-1-2-4-15(14)29-11-17(25)24(10-16-22-23-18(20)28-16)9-12-5-7-13(8-6-12)30(21,26)27/h1-8H,9-11H2,(H2,20,23)(H2,21,26,27). The average Bonchev–Trinajstić information content (AvgIpc) is 3.11. The first kappa shape index (κ1) is 22.1. The number of nitrogen functional groups attached to an aromatic ring is 1. The molecule has 1 aromatic heterocycles. The first-order chi connectivity index (χ1) is 14.2. The number of rotatable bonds is 8. The number of carbonyl (C=O) groups excluding carboxylic acids is 1. The first-order valence-electron chi connectivity index (χ1n) is 8.57. The molecule has 9 nitrogen and oxygen atoms in total. The number of aromatic nitrogens is 2. The second-order valence-electron chi connectivity index (χ2n) is 6.19. The molecule has 0 fully saturated rings. The van der Waals surface area contributed by atoms with Gasteiger partial charge in [-0.2, -0.15) is 0 Å². The second kappa shape index (κ2) is 9.47. The number of carbonyl (C=O) groups is 1. The largest absolute Gasteiger partial charge is 0.406 e. The molecular weight excluding hydrogens is 450 g/mol. The van der Waals surface area contributed by atoms with Crippen LogP contribution in [0.3, 0.4) is 0 Å². The van der Waals surface area contributed by atoms with Crippen molar-refractivity contribution in [2.75, 3.05) is 11.5 Å². The Kier molecular flexibility index (Phi) is 6.98. The molecule has 30 heavy (non-hydrogen) atoms. The monoisotopic (exact) mass is 467 g/mol. The first-order valence-corrected chi connectivity index (χ1v) is 11.5. The summed E-state index contributed by atoms with van der Waals surface area (Å²) in [4.78, 5) is 15.2. The SMILES string of the molecule is Nc1nnc(CN(Cc2ccc(S(N)(=O)=O)cc2)C(=O)CSc2ccccc2Cl)o1. The number of hydrogen-bond acceptors (Lipinski definition) is 8. The minimum atomic E-state index is -3.80. The van der Waals surface area contributed by atoms with E-state index in [1.54, 1.807) is 18.2 Å². The molecule has 3 rings (SSSR count). The zero-order valence-corrected chi connectivity index (χ0v) is 18.0. The smallest absolute Gasteiger partial charge is 0.312 e. The molecule has 158 valence electrons. The summed E-state index contributed by atoms with van der Waals surface area (Å²) in [6.45, 7) is 0.234. The van der Waals surface area contributed by atoms with Crippen LogP contribution in [0.1, 0.15) is 11.5 Å². The van der Waals surface area contributed by atoms with Gasteiger partial charge in [-0.05, 0) is 29.8 Å². The minimum absolute atomic E-state index is 0.0110. The quantitative estimate of drug-likeness (QED) is 0.479. The topological polar surface area (TPSA) is 145 Å². The zero-order chi connectivity index (χ0) is 21.7. The minimum Gasteiger partial charge on any atom is -0.406 e. The van der Waals surface area contributed by atoms with Gasteiger partial charge in [-0.25, -0.2) is 13.6 Å².